The molecule has 0 unspecified atom stereocenters. The molecule has 106 valence electrons. The number of Topliss-reactive ketones (excluding diaryl/α,β-unsaturated/α-hetero) is 1. The lowest BCUT2D eigenvalue weighted by Crippen LogP contribution is -2.00. The molecule has 0 heterocycles. The third-order valence-electron chi connectivity index (χ3n) is 2.81. The number of halogens is 2. The first-order valence-electron chi connectivity index (χ1n) is 6.12. The number of ether oxygens (including phenoxy) is 1. The fourth-order valence-corrected chi connectivity index (χ4v) is 1.84. The number of carbonyl (C=O) groups excluding carboxylic acids is 1. The van der Waals surface area contributed by atoms with Gasteiger partial charge < -0.3 is 4.74 Å². The van der Waals surface area contributed by atoms with Crippen LogP contribution in [0.15, 0.2) is 36.4 Å². The molecule has 0 aromatic heterocycles. The van der Waals surface area contributed by atoms with Gasteiger partial charge in [0.1, 0.15) is 24.0 Å². The van der Waals surface area contributed by atoms with E-state index in [-0.39, 0.29) is 29.3 Å². The van der Waals surface area contributed by atoms with Crippen LogP contribution in [0.4, 0.5) is 8.78 Å². The predicted octanol–water partition coefficient (Wildman–Crippen LogP) is 3.62. The highest BCUT2D eigenvalue weighted by Gasteiger charge is 2.09. The maximum absolute atomic E-state index is 13.6. The van der Waals surface area contributed by atoms with Gasteiger partial charge in [-0.2, -0.15) is 5.26 Å². The van der Waals surface area contributed by atoms with Crippen molar-refractivity contribution >= 4 is 5.78 Å². The van der Waals surface area contributed by atoms with E-state index in [9.17, 15) is 13.6 Å². The molecular weight excluding hydrogens is 276 g/mol. The summed E-state index contributed by atoms with van der Waals surface area (Å²) < 4.78 is 32.2. The van der Waals surface area contributed by atoms with E-state index in [1.165, 1.54) is 31.2 Å². The summed E-state index contributed by atoms with van der Waals surface area (Å²) in [4.78, 5) is 11.1. The van der Waals surface area contributed by atoms with E-state index in [4.69, 9.17) is 10.00 Å². The third kappa shape index (κ3) is 3.63. The molecule has 0 aliphatic rings. The highest BCUT2D eigenvalue weighted by atomic mass is 19.1. The number of nitrogens with zero attached hydrogens (tertiary/aromatic N) is 1. The van der Waals surface area contributed by atoms with Crippen molar-refractivity contribution in [2.75, 3.05) is 0 Å². The van der Waals surface area contributed by atoms with Crippen LogP contribution in [-0.4, -0.2) is 5.78 Å². The minimum Gasteiger partial charge on any atom is -0.489 e. The molecule has 5 heteroatoms. The molecule has 0 N–H and O–H groups in total. The van der Waals surface area contributed by atoms with Gasteiger partial charge in [-0.25, -0.2) is 8.78 Å². The van der Waals surface area contributed by atoms with Gasteiger partial charge in [0.25, 0.3) is 0 Å². The minimum atomic E-state index is -0.669. The van der Waals surface area contributed by atoms with Crippen LogP contribution in [0.5, 0.6) is 5.75 Å². The van der Waals surface area contributed by atoms with Crippen LogP contribution >= 0.6 is 0 Å². The van der Waals surface area contributed by atoms with Crippen LogP contribution in [0.2, 0.25) is 0 Å². The molecule has 0 spiro atoms. The summed E-state index contributed by atoms with van der Waals surface area (Å²) in [6.45, 7) is 1.26. The Balaban J connectivity index is 2.13. The number of hydrogen-bond donors (Lipinski definition) is 0. The lowest BCUT2D eigenvalue weighted by molar-refractivity contribution is 0.101. The Kier molecular flexibility index (Phi) is 4.29. The highest BCUT2D eigenvalue weighted by molar-refractivity contribution is 5.94. The average molecular weight is 287 g/mol. The van der Waals surface area contributed by atoms with Crippen molar-refractivity contribution in [3.8, 4) is 11.8 Å². The normalized spacial score (nSPS) is 10.0. The SMILES string of the molecule is CC(=O)c1ccc(OCc2cc(F)cc(C#N)c2)cc1F. The number of ketones is 1. The predicted molar refractivity (Wildman–Crippen MR) is 71.9 cm³/mol. The van der Waals surface area contributed by atoms with E-state index in [0.717, 1.165) is 12.1 Å². The van der Waals surface area contributed by atoms with Crippen LogP contribution < -0.4 is 4.74 Å². The number of hydrogen-bond acceptors (Lipinski definition) is 3. The molecule has 0 bridgehead atoms. The fraction of sp³-hybridized carbons (Fsp3) is 0.125. The van der Waals surface area contributed by atoms with Crippen molar-refractivity contribution in [1.82, 2.24) is 0 Å². The molecule has 3 nitrogen and oxygen atoms in total. The summed E-state index contributed by atoms with van der Waals surface area (Å²) in [5, 5.41) is 8.75. The van der Waals surface area contributed by atoms with Crippen LogP contribution in [0, 0.1) is 23.0 Å². The van der Waals surface area contributed by atoms with Gasteiger partial charge in [0, 0.05) is 6.07 Å². The Morgan fingerprint density at radius 2 is 2.00 bits per heavy atom. The highest BCUT2D eigenvalue weighted by Crippen LogP contribution is 2.19. The number of carbonyl (C=O) groups is 1. The topological polar surface area (TPSA) is 50.1 Å². The first kappa shape index (κ1) is 14.7. The van der Waals surface area contributed by atoms with Gasteiger partial charge in [-0.15, -0.1) is 0 Å². The second-order valence-corrected chi connectivity index (χ2v) is 4.45. The van der Waals surface area contributed by atoms with Gasteiger partial charge in [-0.3, -0.25) is 4.79 Å². The zero-order chi connectivity index (χ0) is 15.4. The largest absolute Gasteiger partial charge is 0.489 e. The van der Waals surface area contributed by atoms with Gasteiger partial charge in [0.15, 0.2) is 5.78 Å². The third-order valence-corrected chi connectivity index (χ3v) is 2.81. The molecule has 21 heavy (non-hydrogen) atoms. The number of nitriles is 1. The smallest absolute Gasteiger partial charge is 0.162 e. The summed E-state index contributed by atoms with van der Waals surface area (Å²) in [5.41, 5.74) is 0.634. The molecule has 0 aliphatic carbocycles. The summed E-state index contributed by atoms with van der Waals surface area (Å²) in [7, 11) is 0. The van der Waals surface area contributed by atoms with Crippen LogP contribution in [-0.2, 0) is 6.61 Å². The van der Waals surface area contributed by atoms with E-state index in [1.54, 1.807) is 0 Å². The van der Waals surface area contributed by atoms with Crippen LogP contribution in [0.3, 0.4) is 0 Å². The maximum atomic E-state index is 13.6. The molecule has 2 aromatic carbocycles. The van der Waals surface area contributed by atoms with E-state index < -0.39 is 11.6 Å². The van der Waals surface area contributed by atoms with Gasteiger partial charge in [-0.1, -0.05) is 0 Å². The molecule has 0 aliphatic heterocycles. The lowest BCUT2D eigenvalue weighted by Gasteiger charge is -2.08. The van der Waals surface area contributed by atoms with E-state index >= 15 is 0 Å². The first-order chi connectivity index (χ1) is 9.99. The Bertz CT molecular complexity index is 736. The summed E-state index contributed by atoms with van der Waals surface area (Å²) >= 11 is 0. The molecule has 0 fully saturated rings. The van der Waals surface area contributed by atoms with Crippen molar-refractivity contribution in [3.05, 3.63) is 64.7 Å². The number of benzene rings is 2. The zero-order valence-corrected chi connectivity index (χ0v) is 11.2. The van der Waals surface area contributed by atoms with Gasteiger partial charge in [-0.05, 0) is 42.8 Å². The minimum absolute atomic E-state index is 0.00863. The van der Waals surface area contributed by atoms with Crippen molar-refractivity contribution in [3.63, 3.8) is 0 Å². The number of rotatable bonds is 4. The van der Waals surface area contributed by atoms with Crippen LogP contribution in [0.25, 0.3) is 0 Å². The van der Waals surface area contributed by atoms with Crippen LogP contribution in [0.1, 0.15) is 28.4 Å². The second-order valence-electron chi connectivity index (χ2n) is 4.45. The van der Waals surface area contributed by atoms with Crippen molar-refractivity contribution in [1.29, 1.82) is 5.26 Å². The lowest BCUT2D eigenvalue weighted by atomic mass is 10.1. The first-order valence-corrected chi connectivity index (χ1v) is 6.12. The van der Waals surface area contributed by atoms with E-state index in [0.29, 0.717) is 5.56 Å². The van der Waals surface area contributed by atoms with E-state index in [2.05, 4.69) is 0 Å². The zero-order valence-electron chi connectivity index (χ0n) is 11.2. The molecule has 0 saturated heterocycles. The van der Waals surface area contributed by atoms with Crippen molar-refractivity contribution in [2.24, 2.45) is 0 Å². The summed E-state index contributed by atoms with van der Waals surface area (Å²) in [6, 6.07) is 9.58. The molecule has 2 aromatic rings. The fourth-order valence-electron chi connectivity index (χ4n) is 1.84. The second kappa shape index (κ2) is 6.14. The quantitative estimate of drug-likeness (QED) is 0.807. The maximum Gasteiger partial charge on any atom is 0.162 e. The molecule has 0 saturated carbocycles. The Labute approximate surface area is 120 Å². The van der Waals surface area contributed by atoms with E-state index in [1.807, 2.05) is 6.07 Å². The monoisotopic (exact) mass is 287 g/mol. The molecule has 0 atom stereocenters. The summed E-state index contributed by atoms with van der Waals surface area (Å²) in [5.74, 6) is -1.36. The molecule has 2 rings (SSSR count). The molecule has 0 radical (unpaired) electrons. The van der Waals surface area contributed by atoms with Crippen molar-refractivity contribution < 1.29 is 18.3 Å². The Hall–Kier alpha value is -2.74. The molecular formula is C16H11F2NO2. The standard InChI is InChI=1S/C16H11F2NO2/c1-10(20)15-3-2-14(7-16(15)18)21-9-12-4-11(8-19)5-13(17)6-12/h2-7H,9H2,1H3. The molecule has 0 amide bonds. The van der Waals surface area contributed by atoms with Gasteiger partial charge >= 0.3 is 0 Å². The van der Waals surface area contributed by atoms with Gasteiger partial charge in [0.05, 0.1) is 17.2 Å². The average Bonchev–Trinajstić information content (AvgIpc) is 2.44. The Morgan fingerprint density at radius 3 is 2.62 bits per heavy atom. The van der Waals surface area contributed by atoms with Gasteiger partial charge in [0.2, 0.25) is 0 Å². The Morgan fingerprint density at radius 1 is 1.24 bits per heavy atom. The van der Waals surface area contributed by atoms with Crippen molar-refractivity contribution in [2.45, 2.75) is 13.5 Å². The summed E-state index contributed by atoms with van der Waals surface area (Å²) in [6.07, 6.45) is 0.